The standard InChI is InChI=1S/C17H16N2O2.C2H6/c1-3-13-16(19-9-5-4-6-15(19)18-13)17(21)12-7-8-14(20)11(2)10-12;1-2/h4-10,20H,3H2,1-2H3;1-2H3. The van der Waals surface area contributed by atoms with E-state index in [0.29, 0.717) is 23.2 Å². The Morgan fingerprint density at radius 1 is 1.22 bits per heavy atom. The molecule has 3 aromatic rings. The second-order valence-corrected chi connectivity index (χ2v) is 5.02. The molecule has 0 aliphatic carbocycles. The number of carbonyl (C=O) groups excluding carboxylic acids is 1. The van der Waals surface area contributed by atoms with E-state index in [1.165, 1.54) is 0 Å². The number of rotatable bonds is 3. The Morgan fingerprint density at radius 2 is 1.96 bits per heavy atom. The summed E-state index contributed by atoms with van der Waals surface area (Å²) in [6, 6.07) is 10.6. The van der Waals surface area contributed by atoms with Crippen LogP contribution < -0.4 is 0 Å². The predicted octanol–water partition coefficient (Wildman–Crippen LogP) is 4.17. The van der Waals surface area contributed by atoms with E-state index in [2.05, 4.69) is 4.98 Å². The third-order valence-corrected chi connectivity index (χ3v) is 3.61. The average Bonchev–Trinajstić information content (AvgIpc) is 2.97. The van der Waals surface area contributed by atoms with E-state index in [4.69, 9.17) is 0 Å². The van der Waals surface area contributed by atoms with Gasteiger partial charge in [-0.25, -0.2) is 4.98 Å². The number of hydrogen-bond donors (Lipinski definition) is 1. The van der Waals surface area contributed by atoms with E-state index in [9.17, 15) is 9.90 Å². The lowest BCUT2D eigenvalue weighted by Gasteiger charge is -2.05. The molecule has 4 nitrogen and oxygen atoms in total. The maximum absolute atomic E-state index is 12.8. The monoisotopic (exact) mass is 310 g/mol. The summed E-state index contributed by atoms with van der Waals surface area (Å²) in [4.78, 5) is 17.3. The molecule has 2 heterocycles. The Bertz CT molecular complexity index is 835. The summed E-state index contributed by atoms with van der Waals surface area (Å²) in [6.07, 6.45) is 2.54. The Kier molecular flexibility index (Phi) is 5.16. The first kappa shape index (κ1) is 16.7. The molecule has 0 spiro atoms. The molecular weight excluding hydrogens is 288 g/mol. The van der Waals surface area contributed by atoms with Crippen molar-refractivity contribution in [1.29, 1.82) is 0 Å². The molecule has 0 aliphatic heterocycles. The fourth-order valence-electron chi connectivity index (χ4n) is 2.46. The number of phenols is 1. The molecule has 0 fully saturated rings. The SMILES string of the molecule is CC.CCc1nc2ccccn2c1C(=O)c1ccc(O)c(C)c1. The smallest absolute Gasteiger partial charge is 0.211 e. The van der Waals surface area contributed by atoms with Gasteiger partial charge in [0.15, 0.2) is 0 Å². The lowest BCUT2D eigenvalue weighted by molar-refractivity contribution is 0.103. The molecular formula is C19H22N2O2. The zero-order chi connectivity index (χ0) is 17.0. The third kappa shape index (κ3) is 3.11. The molecule has 23 heavy (non-hydrogen) atoms. The van der Waals surface area contributed by atoms with Gasteiger partial charge in [0.1, 0.15) is 17.1 Å². The molecule has 0 atom stereocenters. The molecule has 3 rings (SSSR count). The second-order valence-electron chi connectivity index (χ2n) is 5.02. The summed E-state index contributed by atoms with van der Waals surface area (Å²) in [6.45, 7) is 7.77. The molecule has 1 N–H and O–H groups in total. The van der Waals surface area contributed by atoms with Crippen LogP contribution >= 0.6 is 0 Å². The second kappa shape index (κ2) is 7.09. The number of imidazole rings is 1. The predicted molar refractivity (Wildman–Crippen MR) is 92.2 cm³/mol. The first-order chi connectivity index (χ1) is 11.1. The van der Waals surface area contributed by atoms with E-state index in [1.54, 1.807) is 25.1 Å². The van der Waals surface area contributed by atoms with Gasteiger partial charge in [-0.2, -0.15) is 0 Å². The van der Waals surface area contributed by atoms with Crippen LogP contribution in [0, 0.1) is 6.92 Å². The number of aryl methyl sites for hydroxylation is 2. The Hall–Kier alpha value is -2.62. The fourth-order valence-corrected chi connectivity index (χ4v) is 2.46. The normalized spacial score (nSPS) is 10.3. The van der Waals surface area contributed by atoms with Crippen molar-refractivity contribution >= 4 is 11.4 Å². The number of phenolic OH excluding ortho intramolecular Hbond substituents is 1. The number of pyridine rings is 1. The van der Waals surface area contributed by atoms with Crippen molar-refractivity contribution in [3.63, 3.8) is 0 Å². The Balaban J connectivity index is 0.000000924. The van der Waals surface area contributed by atoms with Crippen molar-refractivity contribution in [2.24, 2.45) is 0 Å². The largest absolute Gasteiger partial charge is 0.508 e. The fraction of sp³-hybridized carbons (Fsp3) is 0.263. The van der Waals surface area contributed by atoms with Crippen LogP contribution in [0.5, 0.6) is 5.75 Å². The summed E-state index contributed by atoms with van der Waals surface area (Å²) in [7, 11) is 0. The lowest BCUT2D eigenvalue weighted by Crippen LogP contribution is -2.08. The van der Waals surface area contributed by atoms with E-state index in [1.807, 2.05) is 49.6 Å². The van der Waals surface area contributed by atoms with Gasteiger partial charge in [0.2, 0.25) is 5.78 Å². The zero-order valence-corrected chi connectivity index (χ0v) is 14.0. The summed E-state index contributed by atoms with van der Waals surface area (Å²) in [5.41, 5.74) is 3.40. The molecule has 0 amide bonds. The van der Waals surface area contributed by atoms with Crippen LogP contribution in [0.15, 0.2) is 42.6 Å². The van der Waals surface area contributed by atoms with E-state index >= 15 is 0 Å². The first-order valence-corrected chi connectivity index (χ1v) is 7.92. The molecule has 0 saturated heterocycles. The van der Waals surface area contributed by atoms with Gasteiger partial charge in [0.25, 0.3) is 0 Å². The zero-order valence-electron chi connectivity index (χ0n) is 14.0. The van der Waals surface area contributed by atoms with Crippen molar-refractivity contribution in [3.8, 4) is 5.75 Å². The van der Waals surface area contributed by atoms with Crippen molar-refractivity contribution < 1.29 is 9.90 Å². The highest BCUT2D eigenvalue weighted by Gasteiger charge is 2.19. The number of carbonyl (C=O) groups is 1. The molecule has 0 aliphatic rings. The topological polar surface area (TPSA) is 54.6 Å². The van der Waals surface area contributed by atoms with Gasteiger partial charge in [-0.3, -0.25) is 9.20 Å². The minimum absolute atomic E-state index is 0.0753. The van der Waals surface area contributed by atoms with Gasteiger partial charge in [-0.1, -0.05) is 26.8 Å². The maximum atomic E-state index is 12.8. The minimum Gasteiger partial charge on any atom is -0.508 e. The van der Waals surface area contributed by atoms with Gasteiger partial charge in [-0.05, 0) is 49.2 Å². The molecule has 2 aromatic heterocycles. The molecule has 0 radical (unpaired) electrons. The number of ketones is 1. The number of aromatic hydroxyl groups is 1. The Labute approximate surface area is 136 Å². The van der Waals surface area contributed by atoms with Crippen molar-refractivity contribution in [2.45, 2.75) is 34.1 Å². The van der Waals surface area contributed by atoms with Gasteiger partial charge in [-0.15, -0.1) is 0 Å². The molecule has 4 heteroatoms. The molecule has 1 aromatic carbocycles. The number of fused-ring (bicyclic) bond motifs is 1. The third-order valence-electron chi connectivity index (χ3n) is 3.61. The van der Waals surface area contributed by atoms with Crippen molar-refractivity contribution in [2.75, 3.05) is 0 Å². The van der Waals surface area contributed by atoms with Crippen LogP contribution in [0.25, 0.3) is 5.65 Å². The highest BCUT2D eigenvalue weighted by Crippen LogP contribution is 2.22. The van der Waals surface area contributed by atoms with Crippen LogP contribution in [0.4, 0.5) is 0 Å². The molecule has 0 unspecified atom stereocenters. The van der Waals surface area contributed by atoms with E-state index in [0.717, 1.165) is 11.3 Å². The maximum Gasteiger partial charge on any atom is 0.211 e. The van der Waals surface area contributed by atoms with Gasteiger partial charge in [0.05, 0.1) is 5.69 Å². The number of nitrogens with zero attached hydrogens (tertiary/aromatic N) is 2. The summed E-state index contributed by atoms with van der Waals surface area (Å²) in [5, 5.41) is 9.60. The summed E-state index contributed by atoms with van der Waals surface area (Å²) < 4.78 is 1.82. The van der Waals surface area contributed by atoms with E-state index in [-0.39, 0.29) is 11.5 Å². The molecule has 0 saturated carbocycles. The Morgan fingerprint density at radius 3 is 2.61 bits per heavy atom. The first-order valence-electron chi connectivity index (χ1n) is 7.92. The quantitative estimate of drug-likeness (QED) is 0.739. The average molecular weight is 310 g/mol. The van der Waals surface area contributed by atoms with Crippen LogP contribution in [0.3, 0.4) is 0 Å². The number of hydrogen-bond acceptors (Lipinski definition) is 3. The van der Waals surface area contributed by atoms with Crippen molar-refractivity contribution in [1.82, 2.24) is 9.38 Å². The van der Waals surface area contributed by atoms with Gasteiger partial charge >= 0.3 is 0 Å². The number of aromatic nitrogens is 2. The molecule has 0 bridgehead atoms. The summed E-state index contributed by atoms with van der Waals surface area (Å²) in [5.74, 6) is 0.119. The molecule has 120 valence electrons. The van der Waals surface area contributed by atoms with Gasteiger partial charge < -0.3 is 5.11 Å². The highest BCUT2D eigenvalue weighted by atomic mass is 16.3. The number of benzene rings is 1. The minimum atomic E-state index is -0.0753. The van der Waals surface area contributed by atoms with E-state index < -0.39 is 0 Å². The van der Waals surface area contributed by atoms with Crippen LogP contribution in [-0.2, 0) is 6.42 Å². The van der Waals surface area contributed by atoms with Crippen LogP contribution in [0.2, 0.25) is 0 Å². The van der Waals surface area contributed by atoms with Crippen LogP contribution in [-0.4, -0.2) is 20.3 Å². The lowest BCUT2D eigenvalue weighted by atomic mass is 10.0. The van der Waals surface area contributed by atoms with Crippen LogP contribution in [0.1, 0.15) is 48.1 Å². The highest BCUT2D eigenvalue weighted by molar-refractivity contribution is 6.09. The summed E-state index contributed by atoms with van der Waals surface area (Å²) >= 11 is 0. The van der Waals surface area contributed by atoms with Crippen molar-refractivity contribution in [3.05, 3.63) is 65.1 Å². The van der Waals surface area contributed by atoms with Gasteiger partial charge in [0, 0.05) is 11.8 Å².